The van der Waals surface area contributed by atoms with Gasteiger partial charge in [-0.1, -0.05) is 29.8 Å². The summed E-state index contributed by atoms with van der Waals surface area (Å²) in [7, 11) is 1.63. The molecule has 0 bridgehead atoms. The molecule has 0 heterocycles. The van der Waals surface area contributed by atoms with Gasteiger partial charge < -0.3 is 10.5 Å². The van der Waals surface area contributed by atoms with Crippen molar-refractivity contribution in [1.82, 2.24) is 0 Å². The summed E-state index contributed by atoms with van der Waals surface area (Å²) < 4.78 is 33.1. The summed E-state index contributed by atoms with van der Waals surface area (Å²) in [4.78, 5) is 4.57. The quantitative estimate of drug-likeness (QED) is 0.561. The zero-order chi connectivity index (χ0) is 19.5. The van der Waals surface area contributed by atoms with Crippen LogP contribution in [0.1, 0.15) is 58.1 Å². The van der Waals surface area contributed by atoms with Gasteiger partial charge in [0.15, 0.2) is 5.72 Å². The first kappa shape index (κ1) is 20.3. The summed E-state index contributed by atoms with van der Waals surface area (Å²) >= 11 is 0. The highest BCUT2D eigenvalue weighted by Gasteiger charge is 2.36. The Morgan fingerprint density at radius 1 is 1.35 bits per heavy atom. The SMILES string of the molecule is COC1(/N=C(\C)N)CCCC(C)=C1/C=C(\C)c1cccc(C(C)(F)F)c1. The van der Waals surface area contributed by atoms with Crippen molar-refractivity contribution in [1.29, 1.82) is 0 Å². The number of ether oxygens (including phenoxy) is 1. The molecule has 0 fully saturated rings. The van der Waals surface area contributed by atoms with Crippen LogP contribution in [-0.4, -0.2) is 18.7 Å². The summed E-state index contributed by atoms with van der Waals surface area (Å²) in [6, 6.07) is 6.49. The maximum atomic E-state index is 13.7. The minimum absolute atomic E-state index is 0.00549. The van der Waals surface area contributed by atoms with Crippen LogP contribution in [0.2, 0.25) is 0 Å². The number of amidine groups is 1. The van der Waals surface area contributed by atoms with Crippen LogP contribution < -0.4 is 5.73 Å². The summed E-state index contributed by atoms with van der Waals surface area (Å²) in [5.74, 6) is -2.41. The number of hydrogen-bond acceptors (Lipinski definition) is 2. The van der Waals surface area contributed by atoms with Crippen LogP contribution >= 0.6 is 0 Å². The Hall–Kier alpha value is -2.01. The second kappa shape index (κ2) is 7.70. The van der Waals surface area contributed by atoms with Gasteiger partial charge in [0.2, 0.25) is 0 Å². The first-order chi connectivity index (χ1) is 12.1. The number of rotatable bonds is 5. The molecule has 1 aliphatic carbocycles. The van der Waals surface area contributed by atoms with E-state index in [9.17, 15) is 8.78 Å². The van der Waals surface area contributed by atoms with Gasteiger partial charge in [-0.05, 0) is 50.8 Å². The Kier molecular flexibility index (Phi) is 6.02. The average molecular weight is 362 g/mol. The fourth-order valence-electron chi connectivity index (χ4n) is 3.43. The second-order valence-electron chi connectivity index (χ2n) is 7.09. The van der Waals surface area contributed by atoms with Gasteiger partial charge in [0.1, 0.15) is 0 Å². The third-order valence-electron chi connectivity index (χ3n) is 4.83. The lowest BCUT2D eigenvalue weighted by molar-refractivity contribution is 0.0172. The molecule has 0 saturated heterocycles. The minimum atomic E-state index is -2.87. The third kappa shape index (κ3) is 4.39. The summed E-state index contributed by atoms with van der Waals surface area (Å²) in [5.41, 5.74) is 8.83. The number of allylic oxidation sites excluding steroid dienone is 2. The second-order valence-corrected chi connectivity index (χ2v) is 7.09. The summed E-state index contributed by atoms with van der Waals surface area (Å²) in [5, 5.41) is 0. The molecule has 26 heavy (non-hydrogen) atoms. The smallest absolute Gasteiger partial charge is 0.270 e. The molecule has 5 heteroatoms. The molecular weight excluding hydrogens is 334 g/mol. The normalized spacial score (nSPS) is 22.7. The van der Waals surface area contributed by atoms with E-state index in [-0.39, 0.29) is 5.56 Å². The monoisotopic (exact) mass is 362 g/mol. The molecule has 2 rings (SSSR count). The molecule has 1 aliphatic rings. The topological polar surface area (TPSA) is 47.6 Å². The van der Waals surface area contributed by atoms with Crippen LogP contribution in [0.15, 0.2) is 46.5 Å². The highest BCUT2D eigenvalue weighted by Crippen LogP contribution is 2.40. The van der Waals surface area contributed by atoms with E-state index >= 15 is 0 Å². The first-order valence-corrected chi connectivity index (χ1v) is 8.83. The van der Waals surface area contributed by atoms with Crippen LogP contribution in [0.3, 0.4) is 0 Å². The van der Waals surface area contributed by atoms with E-state index < -0.39 is 11.6 Å². The van der Waals surface area contributed by atoms with Crippen LogP contribution in [0.5, 0.6) is 0 Å². The van der Waals surface area contributed by atoms with Crippen molar-refractivity contribution in [3.05, 3.63) is 52.6 Å². The number of nitrogens with two attached hydrogens (primary N) is 1. The molecule has 1 unspecified atom stereocenters. The number of alkyl halides is 2. The number of hydrogen-bond donors (Lipinski definition) is 1. The predicted molar refractivity (Wildman–Crippen MR) is 103 cm³/mol. The number of halogens is 2. The Balaban J connectivity index is 2.53. The van der Waals surface area contributed by atoms with Crippen molar-refractivity contribution in [2.24, 2.45) is 10.7 Å². The average Bonchev–Trinajstić information content (AvgIpc) is 2.56. The number of nitrogens with zero attached hydrogens (tertiary/aromatic N) is 1. The standard InChI is InChI=1S/C21H28F2N2O/c1-14-8-7-11-21(26-5,25-16(3)24)19(14)12-15(2)17-9-6-10-18(13-17)20(4,22)23/h6,9-10,12-13H,7-8,11H2,1-5H3,(H2,24,25)/b15-12+. The van der Waals surface area contributed by atoms with E-state index in [2.05, 4.69) is 11.9 Å². The fraction of sp³-hybridized carbons (Fsp3) is 0.476. The van der Waals surface area contributed by atoms with Gasteiger partial charge >= 0.3 is 0 Å². The van der Waals surface area contributed by atoms with Crippen molar-refractivity contribution in [2.45, 2.75) is 58.6 Å². The molecule has 0 aromatic heterocycles. The van der Waals surface area contributed by atoms with Gasteiger partial charge in [-0.15, -0.1) is 0 Å². The molecule has 0 amide bonds. The van der Waals surface area contributed by atoms with Crippen LogP contribution in [0.4, 0.5) is 8.78 Å². The highest BCUT2D eigenvalue weighted by molar-refractivity contribution is 5.78. The van der Waals surface area contributed by atoms with E-state index in [0.29, 0.717) is 5.84 Å². The number of methoxy groups -OCH3 is 1. The van der Waals surface area contributed by atoms with Crippen LogP contribution in [-0.2, 0) is 10.7 Å². The Labute approximate surface area is 154 Å². The molecule has 3 nitrogen and oxygen atoms in total. The van der Waals surface area contributed by atoms with Gasteiger partial charge in [0, 0.05) is 31.6 Å². The minimum Gasteiger partial charge on any atom is -0.388 e. The van der Waals surface area contributed by atoms with E-state index in [0.717, 1.165) is 42.9 Å². The van der Waals surface area contributed by atoms with E-state index in [1.165, 1.54) is 17.7 Å². The van der Waals surface area contributed by atoms with E-state index in [4.69, 9.17) is 10.5 Å². The van der Waals surface area contributed by atoms with Gasteiger partial charge in [0.25, 0.3) is 5.92 Å². The predicted octanol–water partition coefficient (Wildman–Crippen LogP) is 5.42. The summed E-state index contributed by atoms with van der Waals surface area (Å²) in [6.45, 7) is 6.63. The fourth-order valence-corrected chi connectivity index (χ4v) is 3.43. The van der Waals surface area contributed by atoms with Crippen molar-refractivity contribution < 1.29 is 13.5 Å². The molecule has 0 saturated carbocycles. The Morgan fingerprint density at radius 2 is 2.04 bits per heavy atom. The molecular formula is C21H28F2N2O. The molecule has 1 aromatic rings. The molecule has 1 atom stereocenters. The lowest BCUT2D eigenvalue weighted by Gasteiger charge is -2.35. The zero-order valence-electron chi connectivity index (χ0n) is 16.2. The molecule has 0 spiro atoms. The lowest BCUT2D eigenvalue weighted by atomic mass is 9.83. The van der Waals surface area contributed by atoms with Crippen LogP contribution in [0.25, 0.3) is 5.57 Å². The maximum Gasteiger partial charge on any atom is 0.270 e. The number of benzene rings is 1. The third-order valence-corrected chi connectivity index (χ3v) is 4.83. The van der Waals surface area contributed by atoms with Gasteiger partial charge in [-0.2, -0.15) is 0 Å². The first-order valence-electron chi connectivity index (χ1n) is 8.83. The number of aliphatic imine (C=N–C) groups is 1. The largest absolute Gasteiger partial charge is 0.388 e. The Bertz CT molecular complexity index is 756. The van der Waals surface area contributed by atoms with E-state index in [1.807, 2.05) is 19.1 Å². The lowest BCUT2D eigenvalue weighted by Crippen LogP contribution is -2.36. The van der Waals surface area contributed by atoms with Crippen molar-refractivity contribution >= 4 is 11.4 Å². The van der Waals surface area contributed by atoms with E-state index in [1.54, 1.807) is 20.1 Å². The van der Waals surface area contributed by atoms with Crippen molar-refractivity contribution in [3.8, 4) is 0 Å². The molecule has 1 aromatic carbocycles. The zero-order valence-corrected chi connectivity index (χ0v) is 16.2. The van der Waals surface area contributed by atoms with Gasteiger partial charge in [-0.25, -0.2) is 13.8 Å². The Morgan fingerprint density at radius 3 is 2.62 bits per heavy atom. The van der Waals surface area contributed by atoms with Crippen LogP contribution in [0, 0.1) is 0 Å². The summed E-state index contributed by atoms with van der Waals surface area (Å²) in [6.07, 6.45) is 4.65. The van der Waals surface area contributed by atoms with Gasteiger partial charge in [-0.3, -0.25) is 0 Å². The van der Waals surface area contributed by atoms with Gasteiger partial charge in [0.05, 0.1) is 5.84 Å². The van der Waals surface area contributed by atoms with Crippen molar-refractivity contribution in [3.63, 3.8) is 0 Å². The molecule has 0 aliphatic heterocycles. The van der Waals surface area contributed by atoms with Crippen molar-refractivity contribution in [2.75, 3.05) is 7.11 Å². The maximum absolute atomic E-state index is 13.7. The molecule has 0 radical (unpaired) electrons. The molecule has 2 N–H and O–H groups in total. The molecule has 142 valence electrons. The highest BCUT2D eigenvalue weighted by atomic mass is 19.3.